The molecule has 1 aliphatic heterocycles. The normalized spacial score (nSPS) is 13.1. The highest BCUT2D eigenvalue weighted by Gasteiger charge is 2.34. The maximum atomic E-state index is 13.5. The van der Waals surface area contributed by atoms with Crippen molar-refractivity contribution in [2.24, 2.45) is 0 Å². The van der Waals surface area contributed by atoms with Crippen molar-refractivity contribution in [2.75, 3.05) is 6.54 Å². The largest absolute Gasteiger partial charge is 0.481 e. The molecule has 7 nitrogen and oxygen atoms in total. The van der Waals surface area contributed by atoms with Crippen molar-refractivity contribution in [3.05, 3.63) is 92.6 Å². The van der Waals surface area contributed by atoms with Gasteiger partial charge in [0.2, 0.25) is 0 Å². The van der Waals surface area contributed by atoms with Crippen LogP contribution in [0, 0.1) is 13.8 Å². The summed E-state index contributed by atoms with van der Waals surface area (Å²) >= 11 is 0. The molecule has 2 amide bonds. The number of aryl methyl sites for hydroxylation is 3. The summed E-state index contributed by atoms with van der Waals surface area (Å²) in [6.07, 6.45) is 0.229. The molecule has 2 heterocycles. The lowest BCUT2D eigenvalue weighted by atomic mass is 9.98. The second kappa shape index (κ2) is 8.51. The van der Waals surface area contributed by atoms with Gasteiger partial charge in [-0.05, 0) is 61.2 Å². The molecule has 1 aliphatic rings. The van der Waals surface area contributed by atoms with E-state index in [1.165, 1.54) is 4.90 Å². The number of fused-ring (bicyclic) bond motifs is 3. The smallest absolute Gasteiger partial charge is 0.307 e. The molecule has 1 aromatic heterocycles. The van der Waals surface area contributed by atoms with Crippen molar-refractivity contribution >= 4 is 39.6 Å². The number of carboxylic acids is 1. The Morgan fingerprint density at radius 1 is 0.857 bits per heavy atom. The predicted molar refractivity (Wildman–Crippen MR) is 133 cm³/mol. The molecule has 176 valence electrons. The fraction of sp³-hybridized carbons (Fsp3) is 0.214. The Labute approximate surface area is 201 Å². The number of rotatable bonds is 6. The lowest BCUT2D eigenvalue weighted by Crippen LogP contribution is -2.31. The van der Waals surface area contributed by atoms with E-state index < -0.39 is 5.97 Å². The summed E-state index contributed by atoms with van der Waals surface area (Å²) in [5.41, 5.74) is 4.55. The van der Waals surface area contributed by atoms with Gasteiger partial charge in [-0.2, -0.15) is 0 Å². The lowest BCUT2D eigenvalue weighted by molar-refractivity contribution is -0.136. The van der Waals surface area contributed by atoms with Crippen molar-refractivity contribution < 1.29 is 19.5 Å². The maximum absolute atomic E-state index is 13.5. The number of benzene rings is 3. The first-order valence-corrected chi connectivity index (χ1v) is 11.5. The van der Waals surface area contributed by atoms with Crippen molar-refractivity contribution in [2.45, 2.75) is 33.2 Å². The highest BCUT2D eigenvalue weighted by molar-refractivity contribution is 6.21. The van der Waals surface area contributed by atoms with Gasteiger partial charge >= 0.3 is 5.97 Å². The second-order valence-corrected chi connectivity index (χ2v) is 8.93. The highest BCUT2D eigenvalue weighted by Crippen LogP contribution is 2.27. The number of aliphatic carboxylic acids is 1. The van der Waals surface area contributed by atoms with Crippen molar-refractivity contribution in [1.82, 2.24) is 9.47 Å². The fourth-order valence-electron chi connectivity index (χ4n) is 5.03. The Bertz CT molecular complexity index is 1580. The van der Waals surface area contributed by atoms with E-state index in [0.717, 1.165) is 16.6 Å². The predicted octanol–water partition coefficient (Wildman–Crippen LogP) is 4.08. The minimum atomic E-state index is -1.01. The van der Waals surface area contributed by atoms with Gasteiger partial charge in [0.25, 0.3) is 11.8 Å². The van der Waals surface area contributed by atoms with Crippen LogP contribution >= 0.6 is 0 Å². The molecule has 1 N–H and O–H groups in total. The number of aromatic nitrogens is 1. The minimum Gasteiger partial charge on any atom is -0.481 e. The maximum Gasteiger partial charge on any atom is 0.307 e. The molecular formula is C28H24N2O5. The summed E-state index contributed by atoms with van der Waals surface area (Å²) < 4.78 is 2.03. The Kier molecular flexibility index (Phi) is 5.47. The number of hydrogen-bond acceptors (Lipinski definition) is 4. The highest BCUT2D eigenvalue weighted by atomic mass is 16.4. The third kappa shape index (κ3) is 3.60. The Morgan fingerprint density at radius 3 is 2.20 bits per heavy atom. The van der Waals surface area contributed by atoms with E-state index >= 15 is 0 Å². The monoisotopic (exact) mass is 468 g/mol. The van der Waals surface area contributed by atoms with Crippen molar-refractivity contribution in [3.8, 4) is 0 Å². The van der Waals surface area contributed by atoms with E-state index in [9.17, 15) is 24.3 Å². The average Bonchev–Trinajstić information content (AvgIpc) is 3.07. The number of nitrogens with zero attached hydrogens (tertiary/aromatic N) is 2. The molecule has 0 spiro atoms. The van der Waals surface area contributed by atoms with Gasteiger partial charge in [-0.1, -0.05) is 30.3 Å². The molecule has 5 rings (SSSR count). The molecule has 3 aromatic carbocycles. The number of hydrogen-bond donors (Lipinski definition) is 1. The summed E-state index contributed by atoms with van der Waals surface area (Å²) in [6.45, 7) is 4.63. The van der Waals surface area contributed by atoms with Crippen LogP contribution in [0.4, 0.5) is 0 Å². The first kappa shape index (κ1) is 22.5. The number of carboxylic acid groups (broad SMARTS) is 1. The molecule has 7 heteroatoms. The number of imide groups is 1. The molecule has 35 heavy (non-hydrogen) atoms. The SMILES string of the molecule is Cc1ccc2c(=O)c3c(CC(=O)O)cccc3n(CCCN3C(=O)c4ccccc4C3=O)c2c1C. The molecule has 0 saturated carbocycles. The zero-order chi connectivity index (χ0) is 24.9. The van der Waals surface area contributed by atoms with Crippen molar-refractivity contribution in [1.29, 1.82) is 0 Å². The number of amides is 2. The third-order valence-electron chi connectivity index (χ3n) is 6.85. The molecule has 0 unspecified atom stereocenters. The lowest BCUT2D eigenvalue weighted by Gasteiger charge is -2.20. The topological polar surface area (TPSA) is 96.7 Å². The van der Waals surface area contributed by atoms with Crippen LogP contribution in [0.1, 0.15) is 43.8 Å². The molecule has 0 aliphatic carbocycles. The second-order valence-electron chi connectivity index (χ2n) is 8.93. The average molecular weight is 469 g/mol. The van der Waals surface area contributed by atoms with Gasteiger partial charge in [0, 0.05) is 18.5 Å². The van der Waals surface area contributed by atoms with Gasteiger partial charge in [0.15, 0.2) is 5.43 Å². The van der Waals surface area contributed by atoms with Crippen LogP contribution in [0.3, 0.4) is 0 Å². The van der Waals surface area contributed by atoms with Crippen LogP contribution in [0.5, 0.6) is 0 Å². The molecule has 0 fully saturated rings. The van der Waals surface area contributed by atoms with E-state index in [0.29, 0.717) is 45.9 Å². The molecule has 0 atom stereocenters. The minimum absolute atomic E-state index is 0.188. The summed E-state index contributed by atoms with van der Waals surface area (Å²) in [4.78, 5) is 51.8. The molecule has 4 aromatic rings. The van der Waals surface area contributed by atoms with E-state index in [1.807, 2.05) is 30.5 Å². The summed E-state index contributed by atoms with van der Waals surface area (Å²) in [6, 6.07) is 15.8. The van der Waals surface area contributed by atoms with Gasteiger partial charge in [-0.25, -0.2) is 0 Å². The van der Waals surface area contributed by atoms with Gasteiger partial charge in [0.05, 0.1) is 34.0 Å². The molecule has 0 saturated heterocycles. The van der Waals surface area contributed by atoms with Gasteiger partial charge in [0.1, 0.15) is 0 Å². The quantitative estimate of drug-likeness (QED) is 0.340. The first-order chi connectivity index (χ1) is 16.8. The fourth-order valence-corrected chi connectivity index (χ4v) is 5.03. The van der Waals surface area contributed by atoms with Gasteiger partial charge < -0.3 is 9.67 Å². The van der Waals surface area contributed by atoms with Crippen LogP contribution in [0.15, 0.2) is 59.4 Å². The summed E-state index contributed by atoms with van der Waals surface area (Å²) in [5.74, 6) is -1.60. The van der Waals surface area contributed by atoms with Crippen LogP contribution < -0.4 is 5.43 Å². The molecule has 0 radical (unpaired) electrons. The van der Waals surface area contributed by atoms with E-state index in [4.69, 9.17) is 0 Å². The van der Waals surface area contributed by atoms with Crippen LogP contribution in [0.2, 0.25) is 0 Å². The molecule has 0 bridgehead atoms. The van der Waals surface area contributed by atoms with Gasteiger partial charge in [-0.3, -0.25) is 24.1 Å². The third-order valence-corrected chi connectivity index (χ3v) is 6.85. The zero-order valence-electron chi connectivity index (χ0n) is 19.5. The Balaban J connectivity index is 1.59. The molecular weight excluding hydrogens is 444 g/mol. The Morgan fingerprint density at radius 2 is 1.54 bits per heavy atom. The number of carbonyl (C=O) groups is 3. The summed E-state index contributed by atoms with van der Waals surface area (Å²) in [7, 11) is 0. The Hall–Kier alpha value is -4.26. The first-order valence-electron chi connectivity index (χ1n) is 11.5. The van der Waals surface area contributed by atoms with Crippen LogP contribution in [-0.4, -0.2) is 38.9 Å². The standard InChI is InChI=1S/C28H24N2O5/c1-16-11-12-21-25(17(16)2)29(22-10-5-7-18(15-23(31)32)24(22)26(21)33)13-6-14-30-27(34)19-8-3-4-9-20(19)28(30)35/h3-5,7-12H,6,13-15H2,1-2H3,(H,31,32). The summed E-state index contributed by atoms with van der Waals surface area (Å²) in [5, 5.41) is 10.3. The van der Waals surface area contributed by atoms with Crippen LogP contribution in [-0.2, 0) is 17.8 Å². The van der Waals surface area contributed by atoms with E-state index in [-0.39, 0.29) is 30.2 Å². The number of pyridine rings is 1. The van der Waals surface area contributed by atoms with E-state index in [1.54, 1.807) is 42.5 Å². The van der Waals surface area contributed by atoms with Crippen molar-refractivity contribution in [3.63, 3.8) is 0 Å². The van der Waals surface area contributed by atoms with Gasteiger partial charge in [-0.15, -0.1) is 0 Å². The number of carbonyl (C=O) groups excluding carboxylic acids is 2. The van der Waals surface area contributed by atoms with E-state index in [2.05, 4.69) is 0 Å². The van der Waals surface area contributed by atoms with Crippen LogP contribution in [0.25, 0.3) is 21.8 Å². The zero-order valence-corrected chi connectivity index (χ0v) is 19.5.